The number of phenols is 1. The van der Waals surface area contributed by atoms with Crippen molar-refractivity contribution in [2.45, 2.75) is 5.03 Å². The number of halogens is 1. The van der Waals surface area contributed by atoms with Gasteiger partial charge in [-0.3, -0.25) is 9.40 Å². The maximum Gasteiger partial charge on any atom is 0.339 e. The number of carboxylic acid groups (broad SMARTS) is 1. The summed E-state index contributed by atoms with van der Waals surface area (Å²) >= 11 is 5.76. The number of aromatic hydroxyl groups is 1. The molecule has 8 nitrogen and oxygen atoms in total. The van der Waals surface area contributed by atoms with Crippen LogP contribution in [0.4, 0.5) is 5.69 Å². The molecule has 0 radical (unpaired) electrons. The number of benzene rings is 1. The molecule has 0 saturated heterocycles. The number of hydrogen-bond acceptors (Lipinski definition) is 5. The molecule has 0 aliphatic rings. The van der Waals surface area contributed by atoms with E-state index in [1.165, 1.54) is 19.2 Å². The normalized spacial score (nSPS) is 11.3. The van der Waals surface area contributed by atoms with E-state index in [1.54, 1.807) is 0 Å². The van der Waals surface area contributed by atoms with E-state index in [0.29, 0.717) is 0 Å². The average Bonchev–Trinajstić information content (AvgIpc) is 2.71. The second-order valence-corrected chi connectivity index (χ2v) is 6.04. The minimum absolute atomic E-state index is 0.0983. The first-order valence-electron chi connectivity index (χ1n) is 5.49. The third-order valence-electron chi connectivity index (χ3n) is 2.61. The predicted molar refractivity (Wildman–Crippen MR) is 74.1 cm³/mol. The molecule has 0 fully saturated rings. The van der Waals surface area contributed by atoms with Crippen molar-refractivity contribution in [3.05, 3.63) is 35.0 Å². The summed E-state index contributed by atoms with van der Waals surface area (Å²) in [6.07, 6.45) is 1.16. The fourth-order valence-corrected chi connectivity index (χ4v) is 3.42. The van der Waals surface area contributed by atoms with Crippen molar-refractivity contribution in [3.63, 3.8) is 0 Å². The Hall–Kier alpha value is -2.26. The number of para-hydroxylation sites is 1. The van der Waals surface area contributed by atoms with Crippen molar-refractivity contribution >= 4 is 33.3 Å². The number of carbonyl (C=O) groups is 1. The Kier molecular flexibility index (Phi) is 3.79. The summed E-state index contributed by atoms with van der Waals surface area (Å²) in [6, 6.07) is 3.67. The van der Waals surface area contributed by atoms with Gasteiger partial charge >= 0.3 is 5.97 Å². The van der Waals surface area contributed by atoms with E-state index in [1.807, 2.05) is 0 Å². The monoisotopic (exact) mass is 331 g/mol. The number of aryl methyl sites for hydroxylation is 1. The standard InChI is InChI=1S/C11H10ClN3O5S/c1-15-10(7(12)5-13-15)21(19,20)14-8-4-2-3-6(9(8)16)11(17)18/h2-5,14,16H,1H3,(H,17,18). The number of rotatable bonds is 4. The molecule has 2 rings (SSSR count). The smallest absolute Gasteiger partial charge is 0.339 e. The van der Waals surface area contributed by atoms with Gasteiger partial charge in [-0.15, -0.1) is 0 Å². The van der Waals surface area contributed by atoms with Crippen LogP contribution in [0.3, 0.4) is 0 Å². The Labute approximate surface area is 124 Å². The van der Waals surface area contributed by atoms with Crippen LogP contribution < -0.4 is 4.72 Å². The van der Waals surface area contributed by atoms with E-state index in [9.17, 15) is 18.3 Å². The van der Waals surface area contributed by atoms with Crippen LogP contribution in [0.15, 0.2) is 29.4 Å². The minimum Gasteiger partial charge on any atom is -0.505 e. The van der Waals surface area contributed by atoms with Gasteiger partial charge in [0.05, 0.1) is 16.9 Å². The fourth-order valence-electron chi connectivity index (χ4n) is 1.69. The summed E-state index contributed by atoms with van der Waals surface area (Å²) < 4.78 is 27.6. The number of nitrogens with one attached hydrogen (secondary N) is 1. The first kappa shape index (κ1) is 15.1. The molecule has 0 spiro atoms. The van der Waals surface area contributed by atoms with Gasteiger partial charge in [0, 0.05) is 7.05 Å². The maximum atomic E-state index is 12.2. The molecule has 1 aromatic heterocycles. The number of anilines is 1. The van der Waals surface area contributed by atoms with E-state index in [-0.39, 0.29) is 15.7 Å². The third-order valence-corrected chi connectivity index (χ3v) is 4.48. The molecule has 10 heteroatoms. The molecule has 0 atom stereocenters. The summed E-state index contributed by atoms with van der Waals surface area (Å²) in [5, 5.41) is 22.0. The zero-order valence-electron chi connectivity index (χ0n) is 10.6. The number of aromatic carboxylic acids is 1. The molecule has 1 heterocycles. The number of aromatic nitrogens is 2. The SMILES string of the molecule is Cn1ncc(Cl)c1S(=O)(=O)Nc1cccc(C(=O)O)c1O. The van der Waals surface area contributed by atoms with Crippen LogP contribution in [0.25, 0.3) is 0 Å². The van der Waals surface area contributed by atoms with Crippen molar-refractivity contribution in [1.82, 2.24) is 9.78 Å². The van der Waals surface area contributed by atoms with Crippen molar-refractivity contribution in [2.75, 3.05) is 4.72 Å². The number of carboxylic acids is 1. The van der Waals surface area contributed by atoms with Gasteiger partial charge in [0.15, 0.2) is 10.8 Å². The summed E-state index contributed by atoms with van der Waals surface area (Å²) in [5.74, 6) is -2.07. The molecular weight excluding hydrogens is 322 g/mol. The van der Waals surface area contributed by atoms with E-state index in [4.69, 9.17) is 16.7 Å². The summed E-state index contributed by atoms with van der Waals surface area (Å²) in [5.41, 5.74) is -0.696. The first-order chi connectivity index (χ1) is 9.74. The van der Waals surface area contributed by atoms with Crippen molar-refractivity contribution in [1.29, 1.82) is 0 Å². The number of hydrogen-bond donors (Lipinski definition) is 3. The zero-order valence-corrected chi connectivity index (χ0v) is 12.2. The Balaban J connectivity index is 2.48. The van der Waals surface area contributed by atoms with E-state index >= 15 is 0 Å². The van der Waals surface area contributed by atoms with Crippen LogP contribution >= 0.6 is 11.6 Å². The molecule has 3 N–H and O–H groups in total. The molecule has 0 saturated carbocycles. The van der Waals surface area contributed by atoms with Crippen LogP contribution in [-0.2, 0) is 17.1 Å². The van der Waals surface area contributed by atoms with Crippen LogP contribution in [0.1, 0.15) is 10.4 Å². The maximum absolute atomic E-state index is 12.2. The van der Waals surface area contributed by atoms with Crippen LogP contribution in [0.5, 0.6) is 5.75 Å². The second kappa shape index (κ2) is 5.26. The highest BCUT2D eigenvalue weighted by molar-refractivity contribution is 7.92. The predicted octanol–water partition coefficient (Wildman–Crippen LogP) is 1.28. The molecule has 112 valence electrons. The molecule has 0 amide bonds. The van der Waals surface area contributed by atoms with Gasteiger partial charge in [0.2, 0.25) is 0 Å². The van der Waals surface area contributed by atoms with Gasteiger partial charge in [-0.25, -0.2) is 4.79 Å². The molecule has 0 unspecified atom stereocenters. The molecule has 0 aliphatic carbocycles. The highest BCUT2D eigenvalue weighted by Gasteiger charge is 2.25. The van der Waals surface area contributed by atoms with E-state index in [0.717, 1.165) is 16.9 Å². The van der Waals surface area contributed by atoms with Crippen molar-refractivity contribution in [2.24, 2.45) is 7.05 Å². The molecule has 2 aromatic rings. The lowest BCUT2D eigenvalue weighted by atomic mass is 10.2. The number of sulfonamides is 1. The Morgan fingerprint density at radius 3 is 2.62 bits per heavy atom. The molecule has 0 aliphatic heterocycles. The Morgan fingerprint density at radius 1 is 1.43 bits per heavy atom. The zero-order chi connectivity index (χ0) is 15.8. The van der Waals surface area contributed by atoms with E-state index in [2.05, 4.69) is 9.82 Å². The lowest BCUT2D eigenvalue weighted by molar-refractivity contribution is 0.0694. The quantitative estimate of drug-likeness (QED) is 0.725. The van der Waals surface area contributed by atoms with Gasteiger partial charge in [-0.05, 0) is 12.1 Å². The topological polar surface area (TPSA) is 122 Å². The largest absolute Gasteiger partial charge is 0.505 e. The number of nitrogens with zero attached hydrogens (tertiary/aromatic N) is 2. The highest BCUT2D eigenvalue weighted by atomic mass is 35.5. The first-order valence-corrected chi connectivity index (χ1v) is 7.35. The summed E-state index contributed by atoms with van der Waals surface area (Å²) in [7, 11) is -2.75. The van der Waals surface area contributed by atoms with Crippen LogP contribution in [0, 0.1) is 0 Å². The van der Waals surface area contributed by atoms with Gasteiger partial charge in [0.25, 0.3) is 10.0 Å². The minimum atomic E-state index is -4.13. The van der Waals surface area contributed by atoms with Crippen LogP contribution in [-0.4, -0.2) is 34.4 Å². The molecule has 1 aromatic carbocycles. The lowest BCUT2D eigenvalue weighted by Crippen LogP contribution is -2.17. The lowest BCUT2D eigenvalue weighted by Gasteiger charge is -2.11. The van der Waals surface area contributed by atoms with Crippen LogP contribution in [0.2, 0.25) is 5.02 Å². The Bertz CT molecular complexity index is 796. The third kappa shape index (κ3) is 2.78. The second-order valence-electron chi connectivity index (χ2n) is 4.03. The highest BCUT2D eigenvalue weighted by Crippen LogP contribution is 2.30. The molecule has 0 bridgehead atoms. The van der Waals surface area contributed by atoms with Gasteiger partial charge in [0.1, 0.15) is 5.56 Å². The van der Waals surface area contributed by atoms with Gasteiger partial charge in [-0.1, -0.05) is 17.7 Å². The molecular formula is C11H10ClN3O5S. The Morgan fingerprint density at radius 2 is 2.10 bits per heavy atom. The summed E-state index contributed by atoms with van der Waals surface area (Å²) in [6.45, 7) is 0. The van der Waals surface area contributed by atoms with Gasteiger partial charge in [-0.2, -0.15) is 13.5 Å². The summed E-state index contributed by atoms with van der Waals surface area (Å²) in [4.78, 5) is 10.9. The fraction of sp³-hybridized carbons (Fsp3) is 0.0909. The van der Waals surface area contributed by atoms with Crippen molar-refractivity contribution in [3.8, 4) is 5.75 Å². The van der Waals surface area contributed by atoms with E-state index < -0.39 is 27.3 Å². The average molecular weight is 332 g/mol. The van der Waals surface area contributed by atoms with Gasteiger partial charge < -0.3 is 10.2 Å². The molecule has 21 heavy (non-hydrogen) atoms. The van der Waals surface area contributed by atoms with Crippen molar-refractivity contribution < 1.29 is 23.4 Å².